The normalized spacial score (nSPS) is 17.5. The maximum Gasteiger partial charge on any atom is 0.262 e. The van der Waals surface area contributed by atoms with Gasteiger partial charge in [0, 0.05) is 25.3 Å². The molecule has 2 heterocycles. The standard InChI is InChI=1S/C25H29N3O4/c1-17(2)14-22(28-24(30)20-8-3-4-9-21(20)25(28)31)23(29)26-19-7-5-6-18(15-19)16-27-10-12-32-13-11-27/h3-9,15,17,22H,10-14,16H2,1-2H3,(H,26,29)/t22-/m1/s1. The summed E-state index contributed by atoms with van der Waals surface area (Å²) in [6.45, 7) is 7.95. The van der Waals surface area contributed by atoms with Gasteiger partial charge in [-0.1, -0.05) is 38.1 Å². The Balaban J connectivity index is 1.51. The third-order valence-electron chi connectivity index (χ3n) is 5.84. The summed E-state index contributed by atoms with van der Waals surface area (Å²) in [7, 11) is 0. The van der Waals surface area contributed by atoms with Crippen LogP contribution in [0.2, 0.25) is 0 Å². The molecule has 2 aliphatic heterocycles. The average molecular weight is 436 g/mol. The Kier molecular flexibility index (Phi) is 6.67. The molecule has 1 saturated heterocycles. The topological polar surface area (TPSA) is 79.0 Å². The van der Waals surface area contributed by atoms with Gasteiger partial charge < -0.3 is 10.1 Å². The van der Waals surface area contributed by atoms with E-state index in [-0.39, 0.29) is 11.8 Å². The van der Waals surface area contributed by atoms with Crippen LogP contribution >= 0.6 is 0 Å². The number of anilines is 1. The van der Waals surface area contributed by atoms with E-state index in [1.807, 2.05) is 38.1 Å². The first-order chi connectivity index (χ1) is 15.4. The molecule has 7 heteroatoms. The number of rotatable bonds is 7. The summed E-state index contributed by atoms with van der Waals surface area (Å²) in [6.07, 6.45) is 0.394. The SMILES string of the molecule is CC(C)C[C@H](C(=O)Nc1cccc(CN2CCOCC2)c1)N1C(=O)c2ccccc2C1=O. The highest BCUT2D eigenvalue weighted by Crippen LogP contribution is 2.27. The van der Waals surface area contributed by atoms with Crippen molar-refractivity contribution in [1.29, 1.82) is 0 Å². The Morgan fingerprint density at radius 3 is 2.28 bits per heavy atom. The molecule has 32 heavy (non-hydrogen) atoms. The van der Waals surface area contributed by atoms with Crippen LogP contribution < -0.4 is 5.32 Å². The molecule has 168 valence electrons. The first-order valence-electron chi connectivity index (χ1n) is 11.1. The molecule has 1 N–H and O–H groups in total. The van der Waals surface area contributed by atoms with Crippen molar-refractivity contribution < 1.29 is 19.1 Å². The van der Waals surface area contributed by atoms with Crippen LogP contribution in [-0.2, 0) is 16.1 Å². The molecule has 2 aromatic carbocycles. The van der Waals surface area contributed by atoms with Gasteiger partial charge in [-0.3, -0.25) is 24.2 Å². The fourth-order valence-electron chi connectivity index (χ4n) is 4.26. The van der Waals surface area contributed by atoms with Gasteiger partial charge in [0.25, 0.3) is 11.8 Å². The van der Waals surface area contributed by atoms with E-state index >= 15 is 0 Å². The number of nitrogens with zero attached hydrogens (tertiary/aromatic N) is 2. The molecule has 2 aliphatic rings. The minimum atomic E-state index is -0.870. The van der Waals surface area contributed by atoms with Gasteiger partial charge in [0.2, 0.25) is 5.91 Å². The van der Waals surface area contributed by atoms with Crippen molar-refractivity contribution >= 4 is 23.4 Å². The van der Waals surface area contributed by atoms with E-state index in [0.717, 1.165) is 43.3 Å². The number of hydrogen-bond acceptors (Lipinski definition) is 5. The summed E-state index contributed by atoms with van der Waals surface area (Å²) in [5.74, 6) is -1.04. The number of carbonyl (C=O) groups is 3. The van der Waals surface area contributed by atoms with Crippen molar-refractivity contribution in [2.45, 2.75) is 32.9 Å². The molecule has 0 saturated carbocycles. The highest BCUT2D eigenvalue weighted by atomic mass is 16.5. The van der Waals surface area contributed by atoms with Crippen molar-refractivity contribution in [3.63, 3.8) is 0 Å². The zero-order chi connectivity index (χ0) is 22.7. The van der Waals surface area contributed by atoms with Crippen LogP contribution in [0.15, 0.2) is 48.5 Å². The second-order valence-electron chi connectivity index (χ2n) is 8.75. The number of benzene rings is 2. The van der Waals surface area contributed by atoms with E-state index in [1.54, 1.807) is 24.3 Å². The van der Waals surface area contributed by atoms with Crippen LogP contribution in [0.4, 0.5) is 5.69 Å². The van der Waals surface area contributed by atoms with Crippen LogP contribution in [0.3, 0.4) is 0 Å². The van der Waals surface area contributed by atoms with Gasteiger partial charge in [-0.05, 0) is 42.2 Å². The lowest BCUT2D eigenvalue weighted by molar-refractivity contribution is -0.120. The molecule has 0 bridgehead atoms. The smallest absolute Gasteiger partial charge is 0.262 e. The van der Waals surface area contributed by atoms with Crippen molar-refractivity contribution in [3.8, 4) is 0 Å². The third kappa shape index (κ3) is 4.74. The number of nitrogens with one attached hydrogen (secondary N) is 1. The van der Waals surface area contributed by atoms with E-state index in [2.05, 4.69) is 10.2 Å². The first kappa shape index (κ1) is 22.2. The van der Waals surface area contributed by atoms with Crippen molar-refractivity contribution in [1.82, 2.24) is 9.80 Å². The highest BCUT2D eigenvalue weighted by Gasteiger charge is 2.42. The first-order valence-corrected chi connectivity index (χ1v) is 11.1. The Morgan fingerprint density at radius 2 is 1.66 bits per heavy atom. The number of imide groups is 1. The molecule has 3 amide bonds. The molecule has 2 aromatic rings. The number of ether oxygens (including phenoxy) is 1. The molecule has 0 aromatic heterocycles. The predicted molar refractivity (Wildman–Crippen MR) is 121 cm³/mol. The van der Waals surface area contributed by atoms with Gasteiger partial charge in [-0.15, -0.1) is 0 Å². The zero-order valence-corrected chi connectivity index (χ0v) is 18.5. The van der Waals surface area contributed by atoms with Crippen LogP contribution in [0.1, 0.15) is 46.5 Å². The minimum Gasteiger partial charge on any atom is -0.379 e. The number of amides is 3. The summed E-state index contributed by atoms with van der Waals surface area (Å²) in [5, 5.41) is 2.94. The monoisotopic (exact) mass is 435 g/mol. The minimum absolute atomic E-state index is 0.128. The number of fused-ring (bicyclic) bond motifs is 1. The van der Waals surface area contributed by atoms with E-state index in [9.17, 15) is 14.4 Å². The van der Waals surface area contributed by atoms with Gasteiger partial charge in [0.15, 0.2) is 0 Å². The maximum atomic E-state index is 13.3. The summed E-state index contributed by atoms with van der Waals surface area (Å²) in [5.41, 5.74) is 2.45. The summed E-state index contributed by atoms with van der Waals surface area (Å²) < 4.78 is 5.40. The molecule has 0 unspecified atom stereocenters. The number of morpholine rings is 1. The van der Waals surface area contributed by atoms with Crippen molar-refractivity contribution in [3.05, 3.63) is 65.2 Å². The van der Waals surface area contributed by atoms with Crippen LogP contribution in [-0.4, -0.2) is 59.9 Å². The number of hydrogen-bond donors (Lipinski definition) is 1. The molecule has 7 nitrogen and oxygen atoms in total. The van der Waals surface area contributed by atoms with Crippen LogP contribution in [0, 0.1) is 5.92 Å². The second kappa shape index (κ2) is 9.63. The Hall–Kier alpha value is -3.03. The van der Waals surface area contributed by atoms with Crippen molar-refractivity contribution in [2.24, 2.45) is 5.92 Å². The average Bonchev–Trinajstić information content (AvgIpc) is 3.03. The maximum absolute atomic E-state index is 13.3. The summed E-state index contributed by atoms with van der Waals surface area (Å²) in [6, 6.07) is 13.6. The molecule has 1 fully saturated rings. The second-order valence-corrected chi connectivity index (χ2v) is 8.75. The molecule has 0 spiro atoms. The van der Waals surface area contributed by atoms with Crippen molar-refractivity contribution in [2.75, 3.05) is 31.6 Å². The quantitative estimate of drug-likeness (QED) is 0.676. The molecular weight excluding hydrogens is 406 g/mol. The molecule has 4 rings (SSSR count). The molecule has 0 radical (unpaired) electrons. The highest BCUT2D eigenvalue weighted by molar-refractivity contribution is 6.23. The van der Waals surface area contributed by atoms with Gasteiger partial charge in [-0.25, -0.2) is 0 Å². The fourth-order valence-corrected chi connectivity index (χ4v) is 4.26. The van der Waals surface area contributed by atoms with Crippen LogP contribution in [0.25, 0.3) is 0 Å². The van der Waals surface area contributed by atoms with E-state index < -0.39 is 17.9 Å². The number of carbonyl (C=O) groups excluding carboxylic acids is 3. The van der Waals surface area contributed by atoms with Crippen LogP contribution in [0.5, 0.6) is 0 Å². The van der Waals surface area contributed by atoms with E-state index in [4.69, 9.17) is 4.74 Å². The Labute approximate surface area is 188 Å². The zero-order valence-electron chi connectivity index (χ0n) is 18.5. The molecule has 1 atom stereocenters. The largest absolute Gasteiger partial charge is 0.379 e. The lowest BCUT2D eigenvalue weighted by Gasteiger charge is -2.27. The summed E-state index contributed by atoms with van der Waals surface area (Å²) >= 11 is 0. The van der Waals surface area contributed by atoms with Gasteiger partial charge in [0.05, 0.1) is 24.3 Å². The van der Waals surface area contributed by atoms with E-state index in [0.29, 0.717) is 23.2 Å². The van der Waals surface area contributed by atoms with Gasteiger partial charge in [0.1, 0.15) is 6.04 Å². The van der Waals surface area contributed by atoms with Gasteiger partial charge in [-0.2, -0.15) is 0 Å². The molecular formula is C25H29N3O4. The van der Waals surface area contributed by atoms with Gasteiger partial charge >= 0.3 is 0 Å². The summed E-state index contributed by atoms with van der Waals surface area (Å²) in [4.78, 5) is 42.7. The Bertz CT molecular complexity index is 979. The third-order valence-corrected chi connectivity index (χ3v) is 5.84. The lowest BCUT2D eigenvalue weighted by Crippen LogP contribution is -2.48. The van der Waals surface area contributed by atoms with E-state index in [1.165, 1.54) is 0 Å². The fraction of sp³-hybridized carbons (Fsp3) is 0.400. The molecule has 0 aliphatic carbocycles. The Morgan fingerprint density at radius 1 is 1.00 bits per heavy atom. The lowest BCUT2D eigenvalue weighted by atomic mass is 10.0. The predicted octanol–water partition coefficient (Wildman–Crippen LogP) is 3.17.